The quantitative estimate of drug-likeness (QED) is 0.367. The minimum atomic E-state index is -6.34. The molecule has 0 aliphatic heterocycles. The highest BCUT2D eigenvalue weighted by molar-refractivity contribution is 14.1. The van der Waals surface area contributed by atoms with Gasteiger partial charge in [-0.1, -0.05) is 22.6 Å². The molecule has 0 fully saturated rings. The van der Waals surface area contributed by atoms with E-state index in [4.69, 9.17) is 0 Å². The van der Waals surface area contributed by atoms with Gasteiger partial charge in [-0.15, -0.1) is 0 Å². The van der Waals surface area contributed by atoms with Gasteiger partial charge in [0.15, 0.2) is 0 Å². The molecule has 0 spiro atoms. The molecule has 0 aromatic carbocycles. The summed E-state index contributed by atoms with van der Waals surface area (Å²) in [6, 6.07) is 0. The summed E-state index contributed by atoms with van der Waals surface area (Å²) in [7, 11) is 0. The van der Waals surface area contributed by atoms with E-state index < -0.39 is 34.0 Å². The zero-order valence-electron chi connectivity index (χ0n) is 7.19. The Hall–Kier alpha value is 0.460. The summed E-state index contributed by atoms with van der Waals surface area (Å²) in [6.07, 6.45) is -1.66. The summed E-state index contributed by atoms with van der Waals surface area (Å²) < 4.78 is 98.5. The van der Waals surface area contributed by atoms with Crippen LogP contribution < -0.4 is 0 Å². The lowest BCUT2D eigenvalue weighted by Crippen LogP contribution is -2.60. The Morgan fingerprint density at radius 1 is 0.812 bits per heavy atom. The molecule has 10 heteroatoms. The summed E-state index contributed by atoms with van der Waals surface area (Å²) in [5.74, 6) is -17.8. The average Bonchev–Trinajstić information content (AvgIpc) is 2.01. The Labute approximate surface area is 103 Å². The van der Waals surface area contributed by atoms with Gasteiger partial charge in [0.05, 0.1) is 0 Å². The Balaban J connectivity index is 5.34. The van der Waals surface area contributed by atoms with Gasteiger partial charge in [-0.3, -0.25) is 0 Å². The number of hydrogen-bond acceptors (Lipinski definition) is 0. The van der Waals surface area contributed by atoms with Crippen molar-refractivity contribution >= 4 is 34.2 Å². The lowest BCUT2D eigenvalue weighted by Gasteiger charge is -2.34. The smallest absolute Gasteiger partial charge is 0.200 e. The van der Waals surface area contributed by atoms with Crippen molar-refractivity contribution in [3.63, 3.8) is 0 Å². The van der Waals surface area contributed by atoms with E-state index in [9.17, 15) is 35.1 Å². The Morgan fingerprint density at radius 2 is 1.19 bits per heavy atom. The van der Waals surface area contributed by atoms with Gasteiger partial charge in [0.1, 0.15) is 0 Å². The molecule has 0 aromatic heterocycles. The molecular weight excluding hydrogens is 386 g/mol. The molecule has 0 nitrogen and oxygen atoms in total. The minimum Gasteiger partial charge on any atom is -0.200 e. The second-order valence-electron chi connectivity index (χ2n) is 2.79. The van der Waals surface area contributed by atoms with Crippen LogP contribution in [0.4, 0.5) is 35.1 Å². The highest BCUT2D eigenvalue weighted by Gasteiger charge is 2.79. The zero-order valence-corrected chi connectivity index (χ0v) is 10.1. The minimum absolute atomic E-state index is 0.607. The number of rotatable bonds is 5. The van der Waals surface area contributed by atoms with Crippen LogP contribution in [0, 0.1) is 0 Å². The van der Waals surface area contributed by atoms with E-state index >= 15 is 0 Å². The Morgan fingerprint density at radius 3 is 1.44 bits per heavy atom. The fourth-order valence-electron chi connectivity index (χ4n) is 0.683. The fraction of sp³-hybridized carbons (Fsp3) is 1.00. The molecule has 0 aromatic rings. The topological polar surface area (TPSA) is 0 Å². The summed E-state index contributed by atoms with van der Waals surface area (Å²) in [6.45, 7) is 0. The van der Waals surface area contributed by atoms with Crippen LogP contribution in [0.1, 0.15) is 6.42 Å². The first-order valence-electron chi connectivity index (χ1n) is 3.57. The van der Waals surface area contributed by atoms with Crippen LogP contribution in [-0.4, -0.2) is 27.6 Å². The Bertz CT molecular complexity index is 247. The predicted octanol–water partition coefficient (Wildman–Crippen LogP) is 4.55. The maximum Gasteiger partial charge on any atom is 0.392 e. The molecule has 0 N–H and O–H groups in total. The summed E-state index contributed by atoms with van der Waals surface area (Å²) in [4.78, 5) is 0. The SMILES string of the molecule is FC(F)(Cl)C(F)(F)C(F)(F)C(F)(F)CCI. The molecule has 98 valence electrons. The van der Waals surface area contributed by atoms with Crippen LogP contribution in [0.25, 0.3) is 0 Å². The number of alkyl halides is 10. The zero-order chi connectivity index (χ0) is 13.4. The van der Waals surface area contributed by atoms with Crippen LogP contribution in [-0.2, 0) is 0 Å². The maximum atomic E-state index is 12.6. The monoisotopic (exact) mass is 390 g/mol. The van der Waals surface area contributed by atoms with Gasteiger partial charge in [-0.05, 0) is 11.6 Å². The van der Waals surface area contributed by atoms with E-state index in [-0.39, 0.29) is 0 Å². The van der Waals surface area contributed by atoms with Gasteiger partial charge in [-0.25, -0.2) is 0 Å². The molecule has 0 radical (unpaired) electrons. The van der Waals surface area contributed by atoms with E-state index in [2.05, 4.69) is 11.6 Å². The molecule has 0 rings (SSSR count). The van der Waals surface area contributed by atoms with E-state index in [0.29, 0.717) is 0 Å². The van der Waals surface area contributed by atoms with Gasteiger partial charge in [-0.2, -0.15) is 35.1 Å². The van der Waals surface area contributed by atoms with Gasteiger partial charge in [0.2, 0.25) is 0 Å². The number of halogens is 10. The molecule has 0 aliphatic carbocycles. The largest absolute Gasteiger partial charge is 0.392 e. The average molecular weight is 390 g/mol. The molecule has 0 heterocycles. The van der Waals surface area contributed by atoms with Crippen LogP contribution in [0.3, 0.4) is 0 Å². The highest BCUT2D eigenvalue weighted by Crippen LogP contribution is 2.54. The van der Waals surface area contributed by atoms with Crippen molar-refractivity contribution < 1.29 is 35.1 Å². The van der Waals surface area contributed by atoms with Crippen molar-refractivity contribution in [1.82, 2.24) is 0 Å². The summed E-state index contributed by atoms with van der Waals surface area (Å²) >= 11 is 4.94. The summed E-state index contributed by atoms with van der Waals surface area (Å²) in [5.41, 5.74) is 0. The summed E-state index contributed by atoms with van der Waals surface area (Å²) in [5, 5.41) is -5.76. The molecule has 0 saturated carbocycles. The normalized spacial score (nSPS) is 15.4. The lowest BCUT2D eigenvalue weighted by atomic mass is 10.0. The van der Waals surface area contributed by atoms with E-state index in [1.807, 2.05) is 0 Å². The molecule has 0 saturated heterocycles. The lowest BCUT2D eigenvalue weighted by molar-refractivity contribution is -0.347. The van der Waals surface area contributed by atoms with Gasteiger partial charge in [0.25, 0.3) is 0 Å². The second kappa shape index (κ2) is 4.62. The third-order valence-electron chi connectivity index (χ3n) is 1.62. The molecule has 0 atom stereocenters. The van der Waals surface area contributed by atoms with Crippen LogP contribution >= 0.6 is 34.2 Å². The van der Waals surface area contributed by atoms with Crippen molar-refractivity contribution in [2.75, 3.05) is 4.43 Å². The first kappa shape index (κ1) is 16.5. The highest BCUT2D eigenvalue weighted by atomic mass is 127. The molecule has 0 aliphatic rings. The van der Waals surface area contributed by atoms with Gasteiger partial charge in [0, 0.05) is 10.8 Å². The Kier molecular flexibility index (Phi) is 4.75. The molecule has 16 heavy (non-hydrogen) atoms. The third-order valence-corrected chi connectivity index (χ3v) is 2.39. The molecule has 0 amide bonds. The van der Waals surface area contributed by atoms with Crippen LogP contribution in [0.15, 0.2) is 0 Å². The van der Waals surface area contributed by atoms with Gasteiger partial charge < -0.3 is 0 Å². The third kappa shape index (κ3) is 2.65. The first-order chi connectivity index (χ1) is 6.81. The van der Waals surface area contributed by atoms with E-state index in [1.165, 1.54) is 22.6 Å². The van der Waals surface area contributed by atoms with Gasteiger partial charge >= 0.3 is 23.1 Å². The van der Waals surface area contributed by atoms with Crippen molar-refractivity contribution in [1.29, 1.82) is 0 Å². The van der Waals surface area contributed by atoms with Crippen LogP contribution in [0.5, 0.6) is 0 Å². The van der Waals surface area contributed by atoms with Crippen molar-refractivity contribution in [3.8, 4) is 0 Å². The maximum absolute atomic E-state index is 12.6. The van der Waals surface area contributed by atoms with Crippen molar-refractivity contribution in [3.05, 3.63) is 0 Å². The van der Waals surface area contributed by atoms with Crippen LogP contribution in [0.2, 0.25) is 0 Å². The second-order valence-corrected chi connectivity index (χ2v) is 4.34. The van der Waals surface area contributed by atoms with E-state index in [0.717, 1.165) is 0 Å². The van der Waals surface area contributed by atoms with Crippen molar-refractivity contribution in [2.24, 2.45) is 0 Å². The fourth-order valence-corrected chi connectivity index (χ4v) is 1.48. The molecular formula is C6H4ClF8I. The molecule has 0 bridgehead atoms. The molecule has 0 unspecified atom stereocenters. The standard InChI is InChI=1S/C6H4ClF8I/c7-6(14,15)5(12,13)4(10,11)3(8,9)1-2-16/h1-2H2. The predicted molar refractivity (Wildman–Crippen MR) is 49.1 cm³/mol. The first-order valence-corrected chi connectivity index (χ1v) is 5.48. The number of hydrogen-bond donors (Lipinski definition) is 0. The van der Waals surface area contributed by atoms with E-state index in [1.54, 1.807) is 0 Å². The van der Waals surface area contributed by atoms with Crippen molar-refractivity contribution in [2.45, 2.75) is 29.6 Å².